The van der Waals surface area contributed by atoms with Crippen LogP contribution in [0.1, 0.15) is 48.2 Å². The second kappa shape index (κ2) is 7.90. The van der Waals surface area contributed by atoms with Crippen LogP contribution in [0.15, 0.2) is 28.2 Å². The van der Waals surface area contributed by atoms with Crippen molar-refractivity contribution >= 4 is 29.6 Å². The number of hydrogen-bond donors (Lipinski definition) is 6. The van der Waals surface area contributed by atoms with E-state index >= 15 is 0 Å². The van der Waals surface area contributed by atoms with Crippen LogP contribution in [0.3, 0.4) is 0 Å². The van der Waals surface area contributed by atoms with Crippen LogP contribution in [-0.4, -0.2) is 92.3 Å². The molecule has 1 aliphatic carbocycles. The van der Waals surface area contributed by atoms with E-state index in [2.05, 4.69) is 34.5 Å². The van der Waals surface area contributed by atoms with Crippen LogP contribution in [0, 0.1) is 5.41 Å². The number of amides is 3. The highest BCUT2D eigenvalue weighted by Crippen LogP contribution is 2.45. The third-order valence-electron chi connectivity index (χ3n) is 8.47. The topological polar surface area (TPSA) is 199 Å². The Labute approximate surface area is 218 Å². The van der Waals surface area contributed by atoms with Crippen molar-refractivity contribution in [2.45, 2.75) is 69.1 Å². The molecule has 0 bridgehead atoms. The number of aliphatic imine (C=N–C) groups is 2. The molecule has 6 rings (SSSR count). The molecule has 38 heavy (non-hydrogen) atoms. The number of rotatable bonds is 4. The maximum atomic E-state index is 13.5. The fourth-order valence-electron chi connectivity index (χ4n) is 6.76. The van der Waals surface area contributed by atoms with Crippen LogP contribution in [-0.2, 0) is 22.4 Å². The van der Waals surface area contributed by atoms with Crippen molar-refractivity contribution in [3.63, 3.8) is 0 Å². The van der Waals surface area contributed by atoms with Gasteiger partial charge in [0.05, 0.1) is 12.6 Å². The predicted octanol–water partition coefficient (Wildman–Crippen LogP) is -2.26. The van der Waals surface area contributed by atoms with E-state index in [0.29, 0.717) is 5.56 Å². The van der Waals surface area contributed by atoms with Crippen molar-refractivity contribution in [3.8, 4) is 0 Å². The molecule has 4 aliphatic heterocycles. The quantitative estimate of drug-likeness (QED) is 0.186. The van der Waals surface area contributed by atoms with Gasteiger partial charge in [0.25, 0.3) is 5.91 Å². The Morgan fingerprint density at radius 2 is 1.87 bits per heavy atom. The van der Waals surface area contributed by atoms with E-state index in [1.54, 1.807) is 6.07 Å². The Morgan fingerprint density at radius 3 is 2.58 bits per heavy atom. The van der Waals surface area contributed by atoms with E-state index in [-0.39, 0.29) is 55.1 Å². The smallest absolute Gasteiger partial charge is 0.252 e. The summed E-state index contributed by atoms with van der Waals surface area (Å²) in [4.78, 5) is 49.4. The van der Waals surface area contributed by atoms with E-state index in [4.69, 9.17) is 11.5 Å². The Kier molecular flexibility index (Phi) is 5.12. The van der Waals surface area contributed by atoms with E-state index < -0.39 is 35.5 Å². The largest absolute Gasteiger partial charge is 0.370 e. The summed E-state index contributed by atoms with van der Waals surface area (Å²) in [5.74, 6) is -3.83. The molecule has 0 aromatic heterocycles. The monoisotopic (exact) mass is 524 g/mol. The molecule has 8 N–H and O–H groups in total. The molecule has 1 spiro atoms. The molecule has 4 atom stereocenters. The maximum Gasteiger partial charge on any atom is 0.252 e. The lowest BCUT2D eigenvalue weighted by atomic mass is 9.84. The Balaban J connectivity index is 1.31. The number of nitrogens with two attached hydrogens (primary N) is 2. The average molecular weight is 525 g/mol. The second-order valence-corrected chi connectivity index (χ2v) is 11.6. The summed E-state index contributed by atoms with van der Waals surface area (Å²) in [6, 6.07) is 2.50. The number of guanidine groups is 2. The van der Waals surface area contributed by atoms with Crippen molar-refractivity contribution in [1.82, 2.24) is 20.4 Å². The SMILES string of the molecule is CC1(C)Cc2cccc(C(=O)NC3CN4C(N)=N[C@@H](CN5C(=O)CCC5=O)[C@@H]5N=C(N)N[C@@]54C3(O)O)c2C1. The maximum absolute atomic E-state index is 13.5. The molecule has 2 saturated heterocycles. The second-order valence-electron chi connectivity index (χ2n) is 11.6. The van der Waals surface area contributed by atoms with E-state index in [9.17, 15) is 24.6 Å². The Hall–Kier alpha value is -3.71. The fraction of sp³-hybridized carbons (Fsp3) is 0.560. The van der Waals surface area contributed by atoms with Crippen molar-refractivity contribution in [2.75, 3.05) is 13.1 Å². The Morgan fingerprint density at radius 1 is 1.16 bits per heavy atom. The van der Waals surface area contributed by atoms with Crippen molar-refractivity contribution in [2.24, 2.45) is 26.9 Å². The molecule has 13 nitrogen and oxygen atoms in total. The summed E-state index contributed by atoms with van der Waals surface area (Å²) in [5, 5.41) is 29.0. The molecule has 4 heterocycles. The highest BCUT2D eigenvalue weighted by molar-refractivity contribution is 6.02. The number of imide groups is 1. The van der Waals surface area contributed by atoms with E-state index in [1.807, 2.05) is 12.1 Å². The molecule has 202 valence electrons. The first-order valence-electron chi connectivity index (χ1n) is 12.8. The zero-order chi connectivity index (χ0) is 27.2. The molecule has 0 radical (unpaired) electrons. The van der Waals surface area contributed by atoms with Gasteiger partial charge >= 0.3 is 0 Å². The minimum absolute atomic E-state index is 0.0251. The molecule has 2 fully saturated rings. The predicted molar refractivity (Wildman–Crippen MR) is 135 cm³/mol. The third kappa shape index (κ3) is 3.34. The lowest BCUT2D eigenvalue weighted by Gasteiger charge is -2.49. The summed E-state index contributed by atoms with van der Waals surface area (Å²) in [7, 11) is 0. The van der Waals surface area contributed by atoms with Gasteiger partial charge in [-0.2, -0.15) is 0 Å². The normalized spacial score (nSPS) is 32.4. The molecule has 1 aromatic carbocycles. The number of carbonyl (C=O) groups is 3. The van der Waals surface area contributed by atoms with Crippen molar-refractivity contribution < 1.29 is 24.6 Å². The third-order valence-corrected chi connectivity index (χ3v) is 8.47. The molecular weight excluding hydrogens is 492 g/mol. The van der Waals surface area contributed by atoms with Crippen LogP contribution < -0.4 is 22.1 Å². The van der Waals surface area contributed by atoms with Gasteiger partial charge in [0.1, 0.15) is 12.1 Å². The van der Waals surface area contributed by atoms with Gasteiger partial charge in [-0.15, -0.1) is 0 Å². The van der Waals surface area contributed by atoms with Crippen LogP contribution in [0.5, 0.6) is 0 Å². The van der Waals surface area contributed by atoms with Crippen LogP contribution in [0.25, 0.3) is 0 Å². The standard InChI is InChI=1S/C25H32N8O5/c1-23(2)8-12-4-3-5-13(14(12)9-23)20(36)29-16-11-33-22(27)28-15(10-32-17(34)6-7-18(32)35)19-24(33,25(16,37)38)31-21(26)30-19/h3-5,15-16,19,37-38H,6-11H2,1-2H3,(H2,27,28)(H,29,36)(H3,26,30,31)/t15-,16?,19-,24-/m0/s1. The lowest BCUT2D eigenvalue weighted by Crippen LogP contribution is -2.78. The molecule has 1 aromatic rings. The van der Waals surface area contributed by atoms with E-state index in [0.717, 1.165) is 28.9 Å². The summed E-state index contributed by atoms with van der Waals surface area (Å²) in [6.07, 6.45) is 1.80. The summed E-state index contributed by atoms with van der Waals surface area (Å²) >= 11 is 0. The molecule has 13 heteroatoms. The van der Waals surface area contributed by atoms with Crippen LogP contribution >= 0.6 is 0 Å². The number of nitrogens with one attached hydrogen (secondary N) is 2. The minimum atomic E-state index is -2.60. The van der Waals surface area contributed by atoms with Gasteiger partial charge in [0, 0.05) is 24.9 Å². The number of carbonyl (C=O) groups excluding carboxylic acids is 3. The summed E-state index contributed by atoms with van der Waals surface area (Å²) in [5.41, 5.74) is 13.1. The van der Waals surface area contributed by atoms with Gasteiger partial charge in [-0.25, -0.2) is 9.98 Å². The van der Waals surface area contributed by atoms with Gasteiger partial charge in [-0.05, 0) is 35.4 Å². The number of fused-ring (bicyclic) bond motifs is 1. The Bertz CT molecular complexity index is 1310. The van der Waals surface area contributed by atoms with Crippen molar-refractivity contribution in [3.05, 3.63) is 34.9 Å². The molecule has 3 amide bonds. The molecular formula is C25H32N8O5. The van der Waals surface area contributed by atoms with Gasteiger partial charge < -0.3 is 37.2 Å². The molecule has 5 aliphatic rings. The number of hydrogen-bond acceptors (Lipinski definition) is 11. The zero-order valence-corrected chi connectivity index (χ0v) is 21.3. The van der Waals surface area contributed by atoms with Crippen LogP contribution in [0.2, 0.25) is 0 Å². The minimum Gasteiger partial charge on any atom is -0.370 e. The number of likely N-dealkylation sites (tertiary alicyclic amines) is 1. The van der Waals surface area contributed by atoms with Gasteiger partial charge in [0.2, 0.25) is 17.6 Å². The zero-order valence-electron chi connectivity index (χ0n) is 21.3. The van der Waals surface area contributed by atoms with Gasteiger partial charge in [-0.1, -0.05) is 26.0 Å². The van der Waals surface area contributed by atoms with Gasteiger partial charge in [0.15, 0.2) is 17.6 Å². The molecule has 0 saturated carbocycles. The van der Waals surface area contributed by atoms with Gasteiger partial charge in [-0.3, -0.25) is 19.3 Å². The van der Waals surface area contributed by atoms with Crippen molar-refractivity contribution in [1.29, 1.82) is 0 Å². The molecule has 1 unspecified atom stereocenters. The van der Waals surface area contributed by atoms with Crippen LogP contribution in [0.4, 0.5) is 0 Å². The first-order chi connectivity index (χ1) is 17.8. The number of aliphatic hydroxyl groups is 2. The lowest BCUT2D eigenvalue weighted by molar-refractivity contribution is -0.230. The first kappa shape index (κ1) is 24.6. The summed E-state index contributed by atoms with van der Waals surface area (Å²) in [6.45, 7) is 4.08. The highest BCUT2D eigenvalue weighted by atomic mass is 16.5. The highest BCUT2D eigenvalue weighted by Gasteiger charge is 2.73. The number of benzene rings is 1. The van der Waals surface area contributed by atoms with E-state index in [1.165, 1.54) is 4.90 Å². The first-order valence-corrected chi connectivity index (χ1v) is 12.8. The summed E-state index contributed by atoms with van der Waals surface area (Å²) < 4.78 is 0. The average Bonchev–Trinajstić information content (AvgIpc) is 3.52. The fourth-order valence-corrected chi connectivity index (χ4v) is 6.76. The number of nitrogens with zero attached hydrogens (tertiary/aromatic N) is 4.